The standard InChI is InChI=1S/C15H23NO3/c1-11(4-5-17)9-16-15(18)10-19-14-7-12(2)6-13(3)8-14/h6-8,11,17H,4-5,9-10H2,1-3H3,(H,16,18). The molecule has 0 fully saturated rings. The van der Waals surface area contributed by atoms with Gasteiger partial charge in [-0.15, -0.1) is 0 Å². The van der Waals surface area contributed by atoms with Gasteiger partial charge in [0, 0.05) is 13.2 Å². The van der Waals surface area contributed by atoms with E-state index in [0.29, 0.717) is 13.0 Å². The maximum atomic E-state index is 11.6. The number of nitrogens with one attached hydrogen (secondary N) is 1. The topological polar surface area (TPSA) is 58.6 Å². The van der Waals surface area contributed by atoms with Gasteiger partial charge in [-0.3, -0.25) is 4.79 Å². The van der Waals surface area contributed by atoms with E-state index in [2.05, 4.69) is 11.4 Å². The first-order valence-electron chi connectivity index (χ1n) is 6.60. The maximum absolute atomic E-state index is 11.6. The van der Waals surface area contributed by atoms with Crippen LogP contribution >= 0.6 is 0 Å². The molecule has 0 saturated heterocycles. The summed E-state index contributed by atoms with van der Waals surface area (Å²) in [6, 6.07) is 5.88. The smallest absolute Gasteiger partial charge is 0.257 e. The van der Waals surface area contributed by atoms with Crippen molar-refractivity contribution in [3.63, 3.8) is 0 Å². The molecule has 4 heteroatoms. The summed E-state index contributed by atoms with van der Waals surface area (Å²) in [6.45, 7) is 6.72. The molecule has 0 saturated carbocycles. The van der Waals surface area contributed by atoms with Crippen molar-refractivity contribution in [2.75, 3.05) is 19.8 Å². The summed E-state index contributed by atoms with van der Waals surface area (Å²) in [5.41, 5.74) is 2.24. The highest BCUT2D eigenvalue weighted by atomic mass is 16.5. The molecule has 1 aromatic rings. The summed E-state index contributed by atoms with van der Waals surface area (Å²) in [5.74, 6) is 0.857. The molecule has 0 aliphatic carbocycles. The molecule has 0 aromatic heterocycles. The molecule has 4 nitrogen and oxygen atoms in total. The predicted molar refractivity (Wildman–Crippen MR) is 75.3 cm³/mol. The molecule has 1 amide bonds. The first-order chi connectivity index (χ1) is 9.01. The summed E-state index contributed by atoms with van der Waals surface area (Å²) >= 11 is 0. The van der Waals surface area contributed by atoms with Crippen LogP contribution in [0, 0.1) is 19.8 Å². The van der Waals surface area contributed by atoms with Crippen LogP contribution < -0.4 is 10.1 Å². The average Bonchev–Trinajstić information content (AvgIpc) is 2.33. The number of aliphatic hydroxyl groups excluding tert-OH is 1. The molecule has 2 N–H and O–H groups in total. The number of carbonyl (C=O) groups is 1. The first-order valence-corrected chi connectivity index (χ1v) is 6.60. The number of benzene rings is 1. The van der Waals surface area contributed by atoms with Gasteiger partial charge in [0.1, 0.15) is 5.75 Å². The number of aliphatic hydroxyl groups is 1. The van der Waals surface area contributed by atoms with Crippen molar-refractivity contribution in [1.29, 1.82) is 0 Å². The van der Waals surface area contributed by atoms with Crippen LogP contribution in [0.4, 0.5) is 0 Å². The number of ether oxygens (including phenoxy) is 1. The third-order valence-corrected chi connectivity index (χ3v) is 2.83. The Morgan fingerprint density at radius 1 is 1.32 bits per heavy atom. The van der Waals surface area contributed by atoms with Gasteiger partial charge in [0.05, 0.1) is 0 Å². The first kappa shape index (κ1) is 15.5. The minimum absolute atomic E-state index is 0.0226. The third-order valence-electron chi connectivity index (χ3n) is 2.83. The van der Waals surface area contributed by atoms with Crippen LogP contribution in [0.3, 0.4) is 0 Å². The lowest BCUT2D eigenvalue weighted by Gasteiger charge is -2.12. The van der Waals surface area contributed by atoms with Crippen LogP contribution in [0.1, 0.15) is 24.5 Å². The van der Waals surface area contributed by atoms with Gasteiger partial charge in [0.15, 0.2) is 6.61 Å². The zero-order valence-electron chi connectivity index (χ0n) is 11.9. The molecule has 19 heavy (non-hydrogen) atoms. The Kier molecular flexibility index (Phi) is 6.36. The molecule has 0 aliphatic heterocycles. The average molecular weight is 265 g/mol. The van der Waals surface area contributed by atoms with Crippen molar-refractivity contribution < 1.29 is 14.6 Å². The zero-order chi connectivity index (χ0) is 14.3. The van der Waals surface area contributed by atoms with Crippen molar-refractivity contribution in [2.45, 2.75) is 27.2 Å². The van der Waals surface area contributed by atoms with Crippen LogP contribution in [0.5, 0.6) is 5.75 Å². The molecular weight excluding hydrogens is 242 g/mol. The molecule has 0 bridgehead atoms. The molecule has 106 valence electrons. The van der Waals surface area contributed by atoms with E-state index in [1.807, 2.05) is 32.9 Å². The summed E-state index contributed by atoms with van der Waals surface area (Å²) in [4.78, 5) is 11.6. The van der Waals surface area contributed by atoms with Gasteiger partial charge in [-0.1, -0.05) is 13.0 Å². The van der Waals surface area contributed by atoms with E-state index in [0.717, 1.165) is 16.9 Å². The van der Waals surface area contributed by atoms with Gasteiger partial charge >= 0.3 is 0 Å². The Labute approximate surface area is 114 Å². The van der Waals surface area contributed by atoms with Crippen LogP contribution in [-0.2, 0) is 4.79 Å². The highest BCUT2D eigenvalue weighted by Crippen LogP contribution is 2.15. The fraction of sp³-hybridized carbons (Fsp3) is 0.533. The van der Waals surface area contributed by atoms with E-state index in [9.17, 15) is 4.79 Å². The molecule has 0 heterocycles. The summed E-state index contributed by atoms with van der Waals surface area (Å²) < 4.78 is 5.46. The lowest BCUT2D eigenvalue weighted by atomic mass is 10.1. The molecule has 1 atom stereocenters. The fourth-order valence-electron chi connectivity index (χ4n) is 1.83. The highest BCUT2D eigenvalue weighted by Gasteiger charge is 2.06. The fourth-order valence-corrected chi connectivity index (χ4v) is 1.83. The number of hydrogen-bond donors (Lipinski definition) is 2. The van der Waals surface area contributed by atoms with E-state index in [4.69, 9.17) is 9.84 Å². The SMILES string of the molecule is Cc1cc(C)cc(OCC(=O)NCC(C)CCO)c1. The number of amides is 1. The largest absolute Gasteiger partial charge is 0.484 e. The lowest BCUT2D eigenvalue weighted by Crippen LogP contribution is -2.32. The van der Waals surface area contributed by atoms with Crippen molar-refractivity contribution in [2.24, 2.45) is 5.92 Å². The van der Waals surface area contributed by atoms with Gasteiger partial charge in [-0.05, 0) is 49.4 Å². The second-order valence-electron chi connectivity index (χ2n) is 5.03. The molecule has 1 aromatic carbocycles. The Morgan fingerprint density at radius 2 is 1.95 bits per heavy atom. The van der Waals surface area contributed by atoms with Crippen molar-refractivity contribution in [1.82, 2.24) is 5.32 Å². The zero-order valence-corrected chi connectivity index (χ0v) is 11.9. The van der Waals surface area contributed by atoms with E-state index in [1.165, 1.54) is 0 Å². The van der Waals surface area contributed by atoms with Gasteiger partial charge < -0.3 is 15.2 Å². The monoisotopic (exact) mass is 265 g/mol. The minimum atomic E-state index is -0.135. The van der Waals surface area contributed by atoms with E-state index in [1.54, 1.807) is 0 Å². The molecule has 1 rings (SSSR count). The predicted octanol–water partition coefficient (Wildman–Crippen LogP) is 1.82. The molecular formula is C15H23NO3. The Bertz CT molecular complexity index is 398. The van der Waals surface area contributed by atoms with Gasteiger partial charge in [0.25, 0.3) is 5.91 Å². The van der Waals surface area contributed by atoms with Crippen LogP contribution in [0.15, 0.2) is 18.2 Å². The van der Waals surface area contributed by atoms with Crippen LogP contribution in [0.2, 0.25) is 0 Å². The van der Waals surface area contributed by atoms with Crippen LogP contribution in [-0.4, -0.2) is 30.8 Å². The number of aryl methyl sites for hydroxylation is 2. The summed E-state index contributed by atoms with van der Waals surface area (Å²) in [6.07, 6.45) is 0.693. The maximum Gasteiger partial charge on any atom is 0.257 e. The second-order valence-corrected chi connectivity index (χ2v) is 5.03. The number of rotatable bonds is 7. The molecule has 0 radical (unpaired) electrons. The van der Waals surface area contributed by atoms with Crippen molar-refractivity contribution in [3.05, 3.63) is 29.3 Å². The van der Waals surface area contributed by atoms with Crippen molar-refractivity contribution >= 4 is 5.91 Å². The summed E-state index contributed by atoms with van der Waals surface area (Å²) in [7, 11) is 0. The number of hydrogen-bond acceptors (Lipinski definition) is 3. The molecule has 0 aliphatic rings. The Balaban J connectivity index is 2.33. The molecule has 1 unspecified atom stereocenters. The Morgan fingerprint density at radius 3 is 2.53 bits per heavy atom. The van der Waals surface area contributed by atoms with Crippen LogP contribution in [0.25, 0.3) is 0 Å². The number of carbonyl (C=O) groups excluding carboxylic acids is 1. The Hall–Kier alpha value is -1.55. The molecule has 0 spiro atoms. The summed E-state index contributed by atoms with van der Waals surface area (Å²) in [5, 5.41) is 11.6. The van der Waals surface area contributed by atoms with Crippen molar-refractivity contribution in [3.8, 4) is 5.75 Å². The van der Waals surface area contributed by atoms with E-state index in [-0.39, 0.29) is 25.0 Å². The quantitative estimate of drug-likeness (QED) is 0.790. The second kappa shape index (κ2) is 7.79. The van der Waals surface area contributed by atoms with Gasteiger partial charge in [-0.25, -0.2) is 0 Å². The van der Waals surface area contributed by atoms with E-state index >= 15 is 0 Å². The van der Waals surface area contributed by atoms with Gasteiger partial charge in [0.2, 0.25) is 0 Å². The lowest BCUT2D eigenvalue weighted by molar-refractivity contribution is -0.123. The minimum Gasteiger partial charge on any atom is -0.484 e. The normalized spacial score (nSPS) is 12.0. The van der Waals surface area contributed by atoms with E-state index < -0.39 is 0 Å². The van der Waals surface area contributed by atoms with Gasteiger partial charge in [-0.2, -0.15) is 0 Å². The third kappa shape index (κ3) is 6.25. The highest BCUT2D eigenvalue weighted by molar-refractivity contribution is 5.77.